The largest absolute Gasteiger partial charge is 0.389 e. The molecule has 15 heavy (non-hydrogen) atoms. The van der Waals surface area contributed by atoms with Crippen molar-refractivity contribution in [1.82, 2.24) is 15.0 Å². The van der Waals surface area contributed by atoms with Gasteiger partial charge in [0.25, 0.3) is 0 Å². The Morgan fingerprint density at radius 3 is 3.00 bits per heavy atom. The van der Waals surface area contributed by atoms with Gasteiger partial charge >= 0.3 is 0 Å². The quantitative estimate of drug-likeness (QED) is 0.781. The van der Waals surface area contributed by atoms with Crippen molar-refractivity contribution < 1.29 is 9.63 Å². The summed E-state index contributed by atoms with van der Waals surface area (Å²) in [6, 6.07) is 0. The first-order chi connectivity index (χ1) is 7.05. The van der Waals surface area contributed by atoms with E-state index in [2.05, 4.69) is 15.0 Å². The number of rotatable bonds is 2. The van der Waals surface area contributed by atoms with Crippen LogP contribution in [0.25, 0.3) is 0 Å². The monoisotopic (exact) mass is 211 g/mol. The van der Waals surface area contributed by atoms with E-state index in [1.165, 1.54) is 0 Å². The molecule has 0 bridgehead atoms. The molecular weight excluding hydrogens is 194 g/mol. The molecule has 0 amide bonds. The summed E-state index contributed by atoms with van der Waals surface area (Å²) in [6.07, 6.45) is 1.88. The number of hydrogen-bond acceptors (Lipinski definition) is 5. The molecule has 5 nitrogen and oxygen atoms in total. The zero-order valence-corrected chi connectivity index (χ0v) is 9.23. The van der Waals surface area contributed by atoms with Crippen LogP contribution in [0, 0.1) is 6.92 Å². The fourth-order valence-electron chi connectivity index (χ4n) is 2.05. The van der Waals surface area contributed by atoms with Crippen LogP contribution in [0.15, 0.2) is 4.52 Å². The van der Waals surface area contributed by atoms with Crippen molar-refractivity contribution in [2.75, 3.05) is 13.1 Å². The van der Waals surface area contributed by atoms with Crippen molar-refractivity contribution in [3.8, 4) is 0 Å². The van der Waals surface area contributed by atoms with E-state index >= 15 is 0 Å². The highest BCUT2D eigenvalue weighted by atomic mass is 16.5. The molecule has 0 saturated carbocycles. The molecule has 0 aromatic carbocycles. The Labute approximate surface area is 89.1 Å². The van der Waals surface area contributed by atoms with Gasteiger partial charge in [-0.05, 0) is 33.2 Å². The zero-order chi connectivity index (χ0) is 10.9. The number of aliphatic hydroxyl groups is 1. The van der Waals surface area contributed by atoms with Gasteiger partial charge in [-0.3, -0.25) is 4.90 Å². The van der Waals surface area contributed by atoms with E-state index in [-0.39, 0.29) is 0 Å². The molecule has 5 heteroatoms. The molecule has 2 heterocycles. The van der Waals surface area contributed by atoms with Crippen molar-refractivity contribution >= 4 is 0 Å². The van der Waals surface area contributed by atoms with Crippen molar-refractivity contribution in [1.29, 1.82) is 0 Å². The molecular formula is C10H17N3O2. The van der Waals surface area contributed by atoms with Crippen LogP contribution in [0.1, 0.15) is 31.5 Å². The zero-order valence-electron chi connectivity index (χ0n) is 9.23. The van der Waals surface area contributed by atoms with Crippen molar-refractivity contribution in [2.45, 2.75) is 38.8 Å². The average molecular weight is 211 g/mol. The van der Waals surface area contributed by atoms with Gasteiger partial charge in [-0.25, -0.2) is 0 Å². The molecule has 0 spiro atoms. The predicted octanol–water partition coefficient (Wildman–Crippen LogP) is 0.725. The van der Waals surface area contributed by atoms with E-state index in [0.717, 1.165) is 19.4 Å². The first-order valence-corrected chi connectivity index (χ1v) is 5.29. The van der Waals surface area contributed by atoms with Gasteiger partial charge in [0.15, 0.2) is 5.82 Å². The van der Waals surface area contributed by atoms with Crippen molar-refractivity contribution in [3.05, 3.63) is 11.7 Å². The Morgan fingerprint density at radius 2 is 2.40 bits per heavy atom. The van der Waals surface area contributed by atoms with Crippen LogP contribution in [0.5, 0.6) is 0 Å². The van der Waals surface area contributed by atoms with Crippen LogP contribution < -0.4 is 0 Å². The summed E-state index contributed by atoms with van der Waals surface area (Å²) in [5.74, 6) is 1.29. The average Bonchev–Trinajstić information content (AvgIpc) is 2.49. The first kappa shape index (κ1) is 10.6. The summed E-state index contributed by atoms with van der Waals surface area (Å²) in [5.41, 5.74) is -0.576. The normalized spacial score (nSPS) is 28.2. The highest BCUT2D eigenvalue weighted by Gasteiger charge is 2.28. The minimum atomic E-state index is -0.576. The molecule has 1 aliphatic rings. The highest BCUT2D eigenvalue weighted by Crippen LogP contribution is 2.21. The molecule has 1 fully saturated rings. The summed E-state index contributed by atoms with van der Waals surface area (Å²) >= 11 is 0. The van der Waals surface area contributed by atoms with Crippen LogP contribution in [-0.2, 0) is 6.54 Å². The molecule has 1 unspecified atom stereocenters. The third-order valence-electron chi connectivity index (χ3n) is 2.68. The molecule has 0 radical (unpaired) electrons. The molecule has 1 aromatic heterocycles. The van der Waals surface area contributed by atoms with Crippen LogP contribution in [0.2, 0.25) is 0 Å². The van der Waals surface area contributed by atoms with Crippen molar-refractivity contribution in [3.63, 3.8) is 0 Å². The highest BCUT2D eigenvalue weighted by molar-refractivity contribution is 4.87. The molecule has 1 N–H and O–H groups in total. The summed E-state index contributed by atoms with van der Waals surface area (Å²) in [6.45, 7) is 5.97. The lowest BCUT2D eigenvalue weighted by molar-refractivity contribution is -0.0207. The molecule has 1 aromatic rings. The Hall–Kier alpha value is -0.940. The SMILES string of the molecule is Cc1noc(CN2CCCC(C)(O)C2)n1. The van der Waals surface area contributed by atoms with E-state index in [0.29, 0.717) is 24.8 Å². The van der Waals surface area contributed by atoms with Crippen LogP contribution in [-0.4, -0.2) is 38.8 Å². The van der Waals surface area contributed by atoms with E-state index in [9.17, 15) is 5.11 Å². The number of aromatic nitrogens is 2. The number of likely N-dealkylation sites (tertiary alicyclic amines) is 1. The third kappa shape index (κ3) is 2.76. The van der Waals surface area contributed by atoms with Crippen LogP contribution >= 0.6 is 0 Å². The predicted molar refractivity (Wildman–Crippen MR) is 54.2 cm³/mol. The van der Waals surface area contributed by atoms with Crippen molar-refractivity contribution in [2.24, 2.45) is 0 Å². The van der Waals surface area contributed by atoms with Gasteiger partial charge < -0.3 is 9.63 Å². The van der Waals surface area contributed by atoms with E-state index in [4.69, 9.17) is 4.52 Å². The lowest BCUT2D eigenvalue weighted by Gasteiger charge is -2.35. The second kappa shape index (κ2) is 3.90. The molecule has 0 aliphatic carbocycles. The number of β-amino-alcohol motifs (C(OH)–C–C–N with tert-alkyl or cyclic N) is 1. The number of aryl methyl sites for hydroxylation is 1. The second-order valence-electron chi connectivity index (χ2n) is 4.55. The standard InChI is InChI=1S/C10H17N3O2/c1-8-11-9(15-12-8)6-13-5-3-4-10(2,14)7-13/h14H,3-7H2,1-2H3. The first-order valence-electron chi connectivity index (χ1n) is 5.29. The molecule has 1 atom stereocenters. The molecule has 1 aliphatic heterocycles. The Balaban J connectivity index is 1.95. The smallest absolute Gasteiger partial charge is 0.240 e. The lowest BCUT2D eigenvalue weighted by Crippen LogP contribution is -2.45. The van der Waals surface area contributed by atoms with Gasteiger partial charge in [0, 0.05) is 6.54 Å². The summed E-state index contributed by atoms with van der Waals surface area (Å²) < 4.78 is 5.05. The minimum Gasteiger partial charge on any atom is -0.389 e. The molecule has 1 saturated heterocycles. The summed E-state index contributed by atoms with van der Waals surface area (Å²) in [7, 11) is 0. The maximum absolute atomic E-state index is 9.92. The van der Waals surface area contributed by atoms with E-state index in [1.54, 1.807) is 6.92 Å². The van der Waals surface area contributed by atoms with Gasteiger partial charge in [-0.1, -0.05) is 5.16 Å². The molecule has 84 valence electrons. The van der Waals surface area contributed by atoms with E-state index in [1.807, 2.05) is 6.92 Å². The Morgan fingerprint density at radius 1 is 1.60 bits per heavy atom. The minimum absolute atomic E-state index is 0.576. The van der Waals surface area contributed by atoms with Crippen LogP contribution in [0.3, 0.4) is 0 Å². The maximum Gasteiger partial charge on any atom is 0.240 e. The third-order valence-corrected chi connectivity index (χ3v) is 2.68. The van der Waals surface area contributed by atoms with Gasteiger partial charge in [-0.2, -0.15) is 4.98 Å². The lowest BCUT2D eigenvalue weighted by atomic mass is 9.95. The number of hydrogen-bond donors (Lipinski definition) is 1. The van der Waals surface area contributed by atoms with Gasteiger partial charge in [0.05, 0.1) is 12.1 Å². The van der Waals surface area contributed by atoms with Gasteiger partial charge in [0.1, 0.15) is 0 Å². The topological polar surface area (TPSA) is 62.4 Å². The number of piperidine rings is 1. The summed E-state index contributed by atoms with van der Waals surface area (Å²) in [4.78, 5) is 6.30. The fourth-order valence-corrected chi connectivity index (χ4v) is 2.05. The van der Waals surface area contributed by atoms with Gasteiger partial charge in [0.2, 0.25) is 5.89 Å². The fraction of sp³-hybridized carbons (Fsp3) is 0.800. The van der Waals surface area contributed by atoms with E-state index < -0.39 is 5.60 Å². The Bertz CT molecular complexity index is 335. The maximum atomic E-state index is 9.92. The summed E-state index contributed by atoms with van der Waals surface area (Å²) in [5, 5.41) is 13.7. The number of nitrogens with zero attached hydrogens (tertiary/aromatic N) is 3. The van der Waals surface area contributed by atoms with Gasteiger partial charge in [-0.15, -0.1) is 0 Å². The van der Waals surface area contributed by atoms with Crippen LogP contribution in [0.4, 0.5) is 0 Å². The second-order valence-corrected chi connectivity index (χ2v) is 4.55. The molecule has 2 rings (SSSR count). The Kier molecular flexibility index (Phi) is 2.75.